The second kappa shape index (κ2) is 5.61. The molecule has 1 aromatic carbocycles. The number of hydrogen-bond acceptors (Lipinski definition) is 3. The molecule has 0 radical (unpaired) electrons. The Labute approximate surface area is 113 Å². The van der Waals surface area contributed by atoms with Crippen LogP contribution >= 0.6 is 0 Å². The smallest absolute Gasteiger partial charge is 0.309 e. The molecule has 0 saturated carbocycles. The van der Waals surface area contributed by atoms with Gasteiger partial charge < -0.3 is 10.2 Å². The SMILES string of the molecule is CCC1(C(=O)O)CCN(Cc2ccc(O)cc2)CC1. The second-order valence-corrected chi connectivity index (χ2v) is 5.38. The fourth-order valence-electron chi connectivity index (χ4n) is 2.72. The molecule has 2 N–H and O–H groups in total. The number of aliphatic carboxylic acids is 1. The predicted molar refractivity (Wildman–Crippen MR) is 73.0 cm³/mol. The summed E-state index contributed by atoms with van der Waals surface area (Å²) >= 11 is 0. The average Bonchev–Trinajstić information content (AvgIpc) is 2.42. The highest BCUT2D eigenvalue weighted by Crippen LogP contribution is 2.35. The molecule has 1 saturated heterocycles. The number of benzene rings is 1. The van der Waals surface area contributed by atoms with Crippen LogP contribution in [0.25, 0.3) is 0 Å². The van der Waals surface area contributed by atoms with Crippen LogP contribution in [-0.4, -0.2) is 34.2 Å². The van der Waals surface area contributed by atoms with E-state index in [0.29, 0.717) is 6.42 Å². The normalized spacial score (nSPS) is 19.2. The van der Waals surface area contributed by atoms with Crippen molar-refractivity contribution in [1.82, 2.24) is 4.90 Å². The van der Waals surface area contributed by atoms with Crippen molar-refractivity contribution in [2.45, 2.75) is 32.7 Å². The first-order valence-corrected chi connectivity index (χ1v) is 6.79. The molecule has 4 nitrogen and oxygen atoms in total. The Hall–Kier alpha value is -1.55. The molecule has 0 unspecified atom stereocenters. The first-order chi connectivity index (χ1) is 9.05. The number of piperidine rings is 1. The van der Waals surface area contributed by atoms with Crippen molar-refractivity contribution in [1.29, 1.82) is 0 Å². The molecule has 0 spiro atoms. The van der Waals surface area contributed by atoms with Crippen LogP contribution in [0, 0.1) is 5.41 Å². The molecule has 0 amide bonds. The fourth-order valence-corrected chi connectivity index (χ4v) is 2.72. The van der Waals surface area contributed by atoms with Gasteiger partial charge in [-0.3, -0.25) is 9.69 Å². The summed E-state index contributed by atoms with van der Waals surface area (Å²) in [7, 11) is 0. The van der Waals surface area contributed by atoms with Crippen LogP contribution in [0.15, 0.2) is 24.3 Å². The van der Waals surface area contributed by atoms with Crippen molar-refractivity contribution in [3.05, 3.63) is 29.8 Å². The molecular weight excluding hydrogens is 242 g/mol. The second-order valence-electron chi connectivity index (χ2n) is 5.38. The Morgan fingerprint density at radius 2 is 1.84 bits per heavy atom. The molecule has 1 aromatic rings. The minimum absolute atomic E-state index is 0.276. The Morgan fingerprint density at radius 1 is 1.26 bits per heavy atom. The van der Waals surface area contributed by atoms with E-state index in [-0.39, 0.29) is 5.75 Å². The van der Waals surface area contributed by atoms with Crippen molar-refractivity contribution in [2.75, 3.05) is 13.1 Å². The highest BCUT2D eigenvalue weighted by Gasteiger charge is 2.39. The third-order valence-electron chi connectivity index (χ3n) is 4.29. The topological polar surface area (TPSA) is 60.8 Å². The first kappa shape index (κ1) is 13.9. The molecule has 19 heavy (non-hydrogen) atoms. The molecule has 0 aromatic heterocycles. The minimum Gasteiger partial charge on any atom is -0.508 e. The lowest BCUT2D eigenvalue weighted by atomic mass is 9.76. The average molecular weight is 263 g/mol. The minimum atomic E-state index is -0.653. The van der Waals surface area contributed by atoms with Gasteiger partial charge in [-0.15, -0.1) is 0 Å². The molecule has 0 aliphatic carbocycles. The third kappa shape index (κ3) is 3.07. The van der Waals surface area contributed by atoms with Gasteiger partial charge in [-0.05, 0) is 50.0 Å². The number of nitrogens with zero attached hydrogens (tertiary/aromatic N) is 1. The highest BCUT2D eigenvalue weighted by molar-refractivity contribution is 5.74. The summed E-state index contributed by atoms with van der Waals surface area (Å²) < 4.78 is 0. The van der Waals surface area contributed by atoms with E-state index in [2.05, 4.69) is 4.90 Å². The molecule has 104 valence electrons. The number of carbonyl (C=O) groups is 1. The van der Waals surface area contributed by atoms with Crippen LogP contribution in [0.4, 0.5) is 0 Å². The van der Waals surface area contributed by atoms with Crippen molar-refractivity contribution in [2.24, 2.45) is 5.41 Å². The van der Waals surface area contributed by atoms with E-state index in [9.17, 15) is 15.0 Å². The number of hydrogen-bond donors (Lipinski definition) is 2. The summed E-state index contributed by atoms with van der Waals surface area (Å²) in [6.07, 6.45) is 2.14. The van der Waals surface area contributed by atoms with E-state index >= 15 is 0 Å². The largest absolute Gasteiger partial charge is 0.508 e. The Morgan fingerprint density at radius 3 is 2.32 bits per heavy atom. The van der Waals surface area contributed by atoms with E-state index in [4.69, 9.17) is 0 Å². The molecule has 2 rings (SSSR count). The van der Waals surface area contributed by atoms with Gasteiger partial charge in [-0.2, -0.15) is 0 Å². The third-order valence-corrected chi connectivity index (χ3v) is 4.29. The van der Waals surface area contributed by atoms with E-state index in [1.54, 1.807) is 12.1 Å². The Bertz CT molecular complexity index is 433. The van der Waals surface area contributed by atoms with Crippen molar-refractivity contribution in [3.63, 3.8) is 0 Å². The Kier molecular flexibility index (Phi) is 4.10. The zero-order valence-electron chi connectivity index (χ0n) is 11.3. The number of likely N-dealkylation sites (tertiary alicyclic amines) is 1. The van der Waals surface area contributed by atoms with Crippen LogP contribution in [-0.2, 0) is 11.3 Å². The summed E-state index contributed by atoms with van der Waals surface area (Å²) in [5, 5.41) is 18.6. The summed E-state index contributed by atoms with van der Waals surface area (Å²) in [5.74, 6) is -0.377. The maximum absolute atomic E-state index is 11.4. The van der Waals surface area contributed by atoms with Gasteiger partial charge in [-0.25, -0.2) is 0 Å². The monoisotopic (exact) mass is 263 g/mol. The van der Waals surface area contributed by atoms with Gasteiger partial charge in [0.2, 0.25) is 0 Å². The summed E-state index contributed by atoms with van der Waals surface area (Å²) in [5.41, 5.74) is 0.628. The van der Waals surface area contributed by atoms with E-state index in [1.165, 1.54) is 0 Å². The molecule has 0 atom stereocenters. The molecule has 1 aliphatic rings. The van der Waals surface area contributed by atoms with Gasteiger partial charge in [0, 0.05) is 6.54 Å². The lowest BCUT2D eigenvalue weighted by Crippen LogP contribution is -2.43. The molecule has 1 aliphatic heterocycles. The van der Waals surface area contributed by atoms with E-state index < -0.39 is 11.4 Å². The van der Waals surface area contributed by atoms with Crippen LogP contribution in [0.1, 0.15) is 31.7 Å². The molecule has 1 fully saturated rings. The lowest BCUT2D eigenvalue weighted by Gasteiger charge is -2.38. The fraction of sp³-hybridized carbons (Fsp3) is 0.533. The van der Waals surface area contributed by atoms with Crippen LogP contribution in [0.2, 0.25) is 0 Å². The Balaban J connectivity index is 1.93. The standard InChI is InChI=1S/C15H21NO3/c1-2-15(14(18)19)7-9-16(10-8-15)11-12-3-5-13(17)6-4-12/h3-6,17H,2,7-11H2,1H3,(H,18,19). The number of phenols is 1. The van der Waals surface area contributed by atoms with Gasteiger partial charge in [-0.1, -0.05) is 19.1 Å². The van der Waals surface area contributed by atoms with Gasteiger partial charge >= 0.3 is 5.97 Å². The summed E-state index contributed by atoms with van der Waals surface area (Å²) in [6, 6.07) is 7.20. The van der Waals surface area contributed by atoms with Crippen molar-refractivity contribution in [3.8, 4) is 5.75 Å². The number of rotatable bonds is 4. The molecule has 4 heteroatoms. The predicted octanol–water partition coefficient (Wildman–Crippen LogP) is 2.47. The van der Waals surface area contributed by atoms with Gasteiger partial charge in [0.25, 0.3) is 0 Å². The van der Waals surface area contributed by atoms with Gasteiger partial charge in [0.05, 0.1) is 5.41 Å². The maximum Gasteiger partial charge on any atom is 0.309 e. The van der Waals surface area contributed by atoms with Gasteiger partial charge in [0.1, 0.15) is 5.75 Å². The first-order valence-electron chi connectivity index (χ1n) is 6.79. The molecule has 1 heterocycles. The summed E-state index contributed by atoms with van der Waals surface area (Å²) in [4.78, 5) is 13.6. The highest BCUT2D eigenvalue weighted by atomic mass is 16.4. The molecular formula is C15H21NO3. The summed E-state index contributed by atoms with van der Waals surface area (Å²) in [6.45, 7) is 4.42. The van der Waals surface area contributed by atoms with E-state index in [0.717, 1.165) is 38.0 Å². The van der Waals surface area contributed by atoms with Crippen molar-refractivity contribution >= 4 is 5.97 Å². The van der Waals surface area contributed by atoms with Crippen LogP contribution in [0.3, 0.4) is 0 Å². The van der Waals surface area contributed by atoms with Crippen molar-refractivity contribution < 1.29 is 15.0 Å². The molecule has 0 bridgehead atoms. The lowest BCUT2D eigenvalue weighted by molar-refractivity contribution is -0.152. The van der Waals surface area contributed by atoms with Gasteiger partial charge in [0.15, 0.2) is 0 Å². The van der Waals surface area contributed by atoms with Crippen LogP contribution < -0.4 is 0 Å². The number of carboxylic acid groups (broad SMARTS) is 1. The zero-order chi connectivity index (χ0) is 13.9. The quantitative estimate of drug-likeness (QED) is 0.876. The number of phenolic OH excluding ortho intramolecular Hbond substituents is 1. The van der Waals surface area contributed by atoms with E-state index in [1.807, 2.05) is 19.1 Å². The van der Waals surface area contributed by atoms with Crippen LogP contribution in [0.5, 0.6) is 5.75 Å². The number of aromatic hydroxyl groups is 1. The maximum atomic E-state index is 11.4. The zero-order valence-corrected chi connectivity index (χ0v) is 11.3. The number of carboxylic acids is 1.